The smallest absolute Gasteiger partial charge is 0.339 e. The fourth-order valence-corrected chi connectivity index (χ4v) is 1.38. The number of aromatic nitrogens is 1. The lowest BCUT2D eigenvalue weighted by molar-refractivity contribution is 0.0680. The molecule has 0 aliphatic heterocycles. The third kappa shape index (κ3) is 1.87. The van der Waals surface area contributed by atoms with Crippen LogP contribution in [0.1, 0.15) is 22.3 Å². The van der Waals surface area contributed by atoms with Gasteiger partial charge in [-0.3, -0.25) is 0 Å². The van der Waals surface area contributed by atoms with Crippen molar-refractivity contribution in [2.75, 3.05) is 0 Å². The van der Waals surface area contributed by atoms with E-state index in [1.807, 2.05) is 0 Å². The van der Waals surface area contributed by atoms with Crippen molar-refractivity contribution in [1.29, 1.82) is 0 Å². The molecule has 0 amide bonds. The molecular formula is C7H3BrF3NO2. The van der Waals surface area contributed by atoms with Gasteiger partial charge in [0.05, 0.1) is 11.8 Å². The Morgan fingerprint density at radius 2 is 2.14 bits per heavy atom. The summed E-state index contributed by atoms with van der Waals surface area (Å²) < 4.78 is 37.1. The molecule has 0 fully saturated rings. The van der Waals surface area contributed by atoms with Gasteiger partial charge in [0, 0.05) is 0 Å². The van der Waals surface area contributed by atoms with Gasteiger partial charge >= 0.3 is 5.97 Å². The van der Waals surface area contributed by atoms with Crippen LogP contribution in [0, 0.1) is 5.82 Å². The summed E-state index contributed by atoms with van der Waals surface area (Å²) in [4.78, 5) is 13.8. The Labute approximate surface area is 84.7 Å². The Hall–Kier alpha value is -1.11. The van der Waals surface area contributed by atoms with E-state index in [2.05, 4.69) is 20.9 Å². The Morgan fingerprint density at radius 3 is 2.50 bits per heavy atom. The first-order valence-corrected chi connectivity index (χ1v) is 4.09. The number of alkyl halides is 2. The minimum absolute atomic E-state index is 0.318. The number of rotatable bonds is 2. The highest BCUT2D eigenvalue weighted by molar-refractivity contribution is 9.10. The van der Waals surface area contributed by atoms with Crippen molar-refractivity contribution in [2.45, 2.75) is 6.43 Å². The molecule has 0 spiro atoms. The molecule has 0 aliphatic carbocycles. The predicted octanol–water partition coefficient (Wildman–Crippen LogP) is 2.62. The van der Waals surface area contributed by atoms with Crippen LogP contribution in [-0.2, 0) is 0 Å². The minimum atomic E-state index is -3.19. The van der Waals surface area contributed by atoms with Crippen LogP contribution in [0.25, 0.3) is 0 Å². The van der Waals surface area contributed by atoms with Crippen molar-refractivity contribution in [1.82, 2.24) is 4.98 Å². The number of hydrogen-bond acceptors (Lipinski definition) is 2. The maximum Gasteiger partial charge on any atom is 0.339 e. The van der Waals surface area contributed by atoms with E-state index in [1.54, 1.807) is 0 Å². The van der Waals surface area contributed by atoms with Gasteiger partial charge in [-0.2, -0.15) is 0 Å². The van der Waals surface area contributed by atoms with Gasteiger partial charge < -0.3 is 5.11 Å². The summed E-state index contributed by atoms with van der Waals surface area (Å²) in [5.74, 6) is -2.99. The second kappa shape index (κ2) is 3.95. The molecule has 0 radical (unpaired) electrons. The normalized spacial score (nSPS) is 10.6. The number of pyridine rings is 1. The van der Waals surface area contributed by atoms with Crippen LogP contribution in [0.2, 0.25) is 0 Å². The summed E-state index contributed by atoms with van der Waals surface area (Å²) in [5.41, 5.74) is -2.00. The van der Waals surface area contributed by atoms with Gasteiger partial charge in [-0.1, -0.05) is 0 Å². The topological polar surface area (TPSA) is 50.2 Å². The zero-order valence-electron chi connectivity index (χ0n) is 6.47. The van der Waals surface area contributed by atoms with Crippen molar-refractivity contribution >= 4 is 21.9 Å². The molecule has 76 valence electrons. The van der Waals surface area contributed by atoms with Crippen LogP contribution in [-0.4, -0.2) is 16.1 Å². The maximum absolute atomic E-state index is 12.8. The molecule has 3 nitrogen and oxygen atoms in total. The molecule has 0 unspecified atom stereocenters. The van der Waals surface area contributed by atoms with E-state index >= 15 is 0 Å². The highest BCUT2D eigenvalue weighted by Crippen LogP contribution is 2.29. The molecule has 1 aromatic rings. The highest BCUT2D eigenvalue weighted by atomic mass is 79.9. The zero-order chi connectivity index (χ0) is 10.9. The minimum Gasteiger partial charge on any atom is -0.478 e. The van der Waals surface area contributed by atoms with E-state index in [0.717, 1.165) is 0 Å². The molecule has 0 saturated carbocycles. The first-order chi connectivity index (χ1) is 6.45. The first kappa shape index (κ1) is 11.0. The van der Waals surface area contributed by atoms with Gasteiger partial charge in [0.15, 0.2) is 5.82 Å². The average Bonchev–Trinajstić information content (AvgIpc) is 2.07. The van der Waals surface area contributed by atoms with Crippen molar-refractivity contribution in [3.63, 3.8) is 0 Å². The summed E-state index contributed by atoms with van der Waals surface area (Å²) >= 11 is 2.66. The lowest BCUT2D eigenvalue weighted by Gasteiger charge is -2.06. The molecule has 0 aliphatic rings. The molecular weight excluding hydrogens is 267 g/mol. The summed E-state index contributed by atoms with van der Waals surface area (Å²) in [6.45, 7) is 0. The van der Waals surface area contributed by atoms with E-state index in [-0.39, 0.29) is 4.60 Å². The van der Waals surface area contributed by atoms with Crippen LogP contribution in [0.15, 0.2) is 10.8 Å². The number of carboxylic acids is 1. The van der Waals surface area contributed by atoms with Crippen molar-refractivity contribution in [3.8, 4) is 0 Å². The number of nitrogens with zero attached hydrogens (tertiary/aromatic N) is 1. The molecule has 0 saturated heterocycles. The number of halogens is 4. The summed E-state index contributed by atoms with van der Waals surface area (Å²) in [6, 6.07) is 0. The molecule has 7 heteroatoms. The molecule has 1 rings (SSSR count). The standard InChI is InChI=1S/C7H3BrF3NO2/c8-5-4(7(13)14)3(6(10)11)2(9)1-12-5/h1,6H,(H,13,14). The van der Waals surface area contributed by atoms with Crippen molar-refractivity contribution in [2.24, 2.45) is 0 Å². The summed E-state index contributed by atoms with van der Waals surface area (Å²) in [7, 11) is 0. The van der Waals surface area contributed by atoms with Gasteiger partial charge in [-0.05, 0) is 15.9 Å². The van der Waals surface area contributed by atoms with Crippen LogP contribution in [0.5, 0.6) is 0 Å². The predicted molar refractivity (Wildman–Crippen MR) is 43.8 cm³/mol. The van der Waals surface area contributed by atoms with Crippen LogP contribution < -0.4 is 0 Å². The van der Waals surface area contributed by atoms with E-state index < -0.39 is 29.3 Å². The Morgan fingerprint density at radius 1 is 1.57 bits per heavy atom. The van der Waals surface area contributed by atoms with Crippen LogP contribution >= 0.6 is 15.9 Å². The molecule has 0 bridgehead atoms. The average molecular weight is 270 g/mol. The number of aromatic carboxylic acids is 1. The largest absolute Gasteiger partial charge is 0.478 e. The van der Waals surface area contributed by atoms with E-state index in [1.165, 1.54) is 0 Å². The molecule has 0 aromatic carbocycles. The summed E-state index contributed by atoms with van der Waals surface area (Å²) in [5, 5.41) is 8.55. The van der Waals surface area contributed by atoms with E-state index in [9.17, 15) is 18.0 Å². The fraction of sp³-hybridized carbons (Fsp3) is 0.143. The molecule has 14 heavy (non-hydrogen) atoms. The SMILES string of the molecule is O=C(O)c1c(Br)ncc(F)c1C(F)F. The van der Waals surface area contributed by atoms with Gasteiger partial charge in [-0.15, -0.1) is 0 Å². The van der Waals surface area contributed by atoms with Crippen LogP contribution in [0.3, 0.4) is 0 Å². The van der Waals surface area contributed by atoms with Gasteiger partial charge in [0.2, 0.25) is 0 Å². The first-order valence-electron chi connectivity index (χ1n) is 3.30. The Kier molecular flexibility index (Phi) is 3.10. The summed E-state index contributed by atoms with van der Waals surface area (Å²) in [6.07, 6.45) is -2.65. The lowest BCUT2D eigenvalue weighted by atomic mass is 10.1. The number of carbonyl (C=O) groups is 1. The molecule has 1 aromatic heterocycles. The Balaban J connectivity index is 3.50. The lowest BCUT2D eigenvalue weighted by Crippen LogP contribution is -2.08. The molecule has 0 atom stereocenters. The van der Waals surface area contributed by atoms with Gasteiger partial charge in [0.25, 0.3) is 6.43 Å². The molecule has 1 N–H and O–H groups in total. The van der Waals surface area contributed by atoms with E-state index in [4.69, 9.17) is 5.11 Å². The van der Waals surface area contributed by atoms with E-state index in [0.29, 0.717) is 6.20 Å². The van der Waals surface area contributed by atoms with Gasteiger partial charge in [0.1, 0.15) is 10.2 Å². The Bertz CT molecular complexity index is 383. The maximum atomic E-state index is 12.8. The molecule has 1 heterocycles. The monoisotopic (exact) mass is 269 g/mol. The third-order valence-electron chi connectivity index (χ3n) is 1.46. The second-order valence-corrected chi connectivity index (χ2v) is 3.04. The fourth-order valence-electron chi connectivity index (χ4n) is 0.895. The van der Waals surface area contributed by atoms with Crippen LogP contribution in [0.4, 0.5) is 13.2 Å². The van der Waals surface area contributed by atoms with Crippen molar-refractivity contribution in [3.05, 3.63) is 27.7 Å². The number of hydrogen-bond donors (Lipinski definition) is 1. The third-order valence-corrected chi connectivity index (χ3v) is 2.06. The second-order valence-electron chi connectivity index (χ2n) is 2.29. The quantitative estimate of drug-likeness (QED) is 0.840. The van der Waals surface area contributed by atoms with Crippen molar-refractivity contribution < 1.29 is 23.1 Å². The zero-order valence-corrected chi connectivity index (χ0v) is 8.06. The number of carboxylic acid groups (broad SMARTS) is 1. The highest BCUT2D eigenvalue weighted by Gasteiger charge is 2.25. The van der Waals surface area contributed by atoms with Gasteiger partial charge in [-0.25, -0.2) is 22.9 Å².